The van der Waals surface area contributed by atoms with Crippen LogP contribution >= 0.6 is 0 Å². The number of nitrogens with zero attached hydrogens (tertiary/aromatic N) is 1. The van der Waals surface area contributed by atoms with E-state index in [1.54, 1.807) is 49.4 Å². The van der Waals surface area contributed by atoms with Crippen molar-refractivity contribution in [2.75, 3.05) is 13.1 Å². The first-order valence-electron chi connectivity index (χ1n) is 9.53. The molecule has 1 aliphatic rings. The molecular formula is C20H25N3O5S. The molecule has 29 heavy (non-hydrogen) atoms. The summed E-state index contributed by atoms with van der Waals surface area (Å²) < 4.78 is 31.9. The summed E-state index contributed by atoms with van der Waals surface area (Å²) in [6, 6.07) is 11.1. The highest BCUT2D eigenvalue weighted by Gasteiger charge is 2.32. The van der Waals surface area contributed by atoms with Gasteiger partial charge >= 0.3 is 0 Å². The topological polar surface area (TPSA) is 109 Å². The lowest BCUT2D eigenvalue weighted by atomic mass is 9.97. The number of furan rings is 1. The summed E-state index contributed by atoms with van der Waals surface area (Å²) in [5.74, 6) is -0.234. The van der Waals surface area contributed by atoms with Gasteiger partial charge in [0.15, 0.2) is 0 Å². The van der Waals surface area contributed by atoms with Crippen LogP contribution in [0.4, 0.5) is 0 Å². The van der Waals surface area contributed by atoms with Gasteiger partial charge in [-0.2, -0.15) is 4.31 Å². The third-order valence-electron chi connectivity index (χ3n) is 4.97. The van der Waals surface area contributed by atoms with Gasteiger partial charge in [-0.1, -0.05) is 18.2 Å². The minimum absolute atomic E-state index is 0.234. The average Bonchev–Trinajstić information content (AvgIpc) is 3.26. The fraction of sp³-hybridized carbons (Fsp3) is 0.400. The highest BCUT2D eigenvalue weighted by molar-refractivity contribution is 7.89. The molecule has 0 radical (unpaired) electrons. The fourth-order valence-electron chi connectivity index (χ4n) is 3.24. The molecule has 0 spiro atoms. The Kier molecular flexibility index (Phi) is 6.71. The predicted octanol–water partition coefficient (Wildman–Crippen LogP) is 1.50. The lowest BCUT2D eigenvalue weighted by Crippen LogP contribution is -2.49. The van der Waals surface area contributed by atoms with E-state index in [1.807, 2.05) is 0 Å². The smallest absolute Gasteiger partial charge is 0.243 e. The molecule has 8 nitrogen and oxygen atoms in total. The Morgan fingerprint density at radius 3 is 2.45 bits per heavy atom. The number of sulfonamides is 1. The van der Waals surface area contributed by atoms with E-state index in [0.29, 0.717) is 18.6 Å². The molecule has 0 unspecified atom stereocenters. The molecule has 2 heterocycles. The van der Waals surface area contributed by atoms with Crippen LogP contribution in [0.1, 0.15) is 25.5 Å². The van der Waals surface area contributed by atoms with E-state index in [9.17, 15) is 18.0 Å². The Morgan fingerprint density at radius 2 is 1.83 bits per heavy atom. The molecule has 0 saturated carbocycles. The summed E-state index contributed by atoms with van der Waals surface area (Å²) >= 11 is 0. The van der Waals surface area contributed by atoms with Crippen LogP contribution in [0.15, 0.2) is 58.0 Å². The van der Waals surface area contributed by atoms with E-state index < -0.39 is 16.1 Å². The van der Waals surface area contributed by atoms with Gasteiger partial charge in [-0.25, -0.2) is 8.42 Å². The van der Waals surface area contributed by atoms with Crippen LogP contribution in [0, 0.1) is 5.92 Å². The molecule has 0 bridgehead atoms. The zero-order valence-corrected chi connectivity index (χ0v) is 17.0. The van der Waals surface area contributed by atoms with Crippen molar-refractivity contribution < 1.29 is 22.4 Å². The highest BCUT2D eigenvalue weighted by atomic mass is 32.2. The molecule has 2 aromatic rings. The Morgan fingerprint density at radius 1 is 1.14 bits per heavy atom. The number of benzene rings is 1. The minimum atomic E-state index is -3.55. The predicted molar refractivity (Wildman–Crippen MR) is 106 cm³/mol. The van der Waals surface area contributed by atoms with Crippen molar-refractivity contribution in [3.8, 4) is 0 Å². The Bertz CT molecular complexity index is 920. The number of amides is 2. The van der Waals surface area contributed by atoms with Crippen molar-refractivity contribution in [2.24, 2.45) is 5.92 Å². The molecule has 156 valence electrons. The maximum Gasteiger partial charge on any atom is 0.243 e. The molecule has 3 rings (SSSR count). The number of rotatable bonds is 7. The summed E-state index contributed by atoms with van der Waals surface area (Å²) in [6.45, 7) is 2.41. The second kappa shape index (κ2) is 9.23. The first-order chi connectivity index (χ1) is 13.9. The van der Waals surface area contributed by atoms with Gasteiger partial charge < -0.3 is 15.1 Å². The van der Waals surface area contributed by atoms with E-state index in [-0.39, 0.29) is 42.3 Å². The quantitative estimate of drug-likeness (QED) is 0.707. The third kappa shape index (κ3) is 5.24. The standard InChI is InChI=1S/C20H25N3O5S/c1-15(19(24)21-14-17-6-5-13-28-17)22-20(25)16-9-11-23(12-10-16)29(26,27)18-7-3-2-4-8-18/h2-8,13,15-16H,9-12,14H2,1H3,(H,21,24)(H,22,25)/t15-/m1/s1. The van der Waals surface area contributed by atoms with E-state index in [1.165, 1.54) is 10.6 Å². The van der Waals surface area contributed by atoms with Gasteiger partial charge in [0.1, 0.15) is 11.8 Å². The largest absolute Gasteiger partial charge is 0.467 e. The summed E-state index contributed by atoms with van der Waals surface area (Å²) in [4.78, 5) is 24.9. The number of carbonyl (C=O) groups is 2. The fourth-order valence-corrected chi connectivity index (χ4v) is 4.73. The zero-order chi connectivity index (χ0) is 20.9. The number of carbonyl (C=O) groups excluding carboxylic acids is 2. The van der Waals surface area contributed by atoms with Gasteiger partial charge in [0, 0.05) is 19.0 Å². The van der Waals surface area contributed by atoms with Crippen molar-refractivity contribution in [1.29, 1.82) is 0 Å². The van der Waals surface area contributed by atoms with Crippen LogP contribution in [0.3, 0.4) is 0 Å². The summed E-state index contributed by atoms with van der Waals surface area (Å²) in [7, 11) is -3.55. The number of nitrogens with one attached hydrogen (secondary N) is 2. The second-order valence-electron chi connectivity index (χ2n) is 7.02. The molecule has 1 aromatic carbocycles. The first kappa shape index (κ1) is 21.1. The zero-order valence-electron chi connectivity index (χ0n) is 16.2. The molecule has 2 N–H and O–H groups in total. The summed E-state index contributed by atoms with van der Waals surface area (Å²) in [5.41, 5.74) is 0. The lowest BCUT2D eigenvalue weighted by molar-refractivity contribution is -0.131. The van der Waals surface area contributed by atoms with Crippen molar-refractivity contribution in [3.63, 3.8) is 0 Å². The van der Waals surface area contributed by atoms with Crippen LogP contribution in [0.2, 0.25) is 0 Å². The monoisotopic (exact) mass is 419 g/mol. The number of hydrogen-bond donors (Lipinski definition) is 2. The molecule has 0 aliphatic carbocycles. The first-order valence-corrected chi connectivity index (χ1v) is 11.0. The van der Waals surface area contributed by atoms with Gasteiger partial charge in [-0.05, 0) is 44.0 Å². The van der Waals surface area contributed by atoms with E-state index in [0.717, 1.165) is 0 Å². The third-order valence-corrected chi connectivity index (χ3v) is 6.89. The van der Waals surface area contributed by atoms with E-state index in [4.69, 9.17) is 4.42 Å². The lowest BCUT2D eigenvalue weighted by Gasteiger charge is -2.31. The van der Waals surface area contributed by atoms with Gasteiger partial charge in [-0.3, -0.25) is 9.59 Å². The SMILES string of the molecule is C[C@@H](NC(=O)C1CCN(S(=O)(=O)c2ccccc2)CC1)C(=O)NCc1ccco1. The Hall–Kier alpha value is -2.65. The molecular weight excluding hydrogens is 394 g/mol. The van der Waals surface area contributed by atoms with E-state index >= 15 is 0 Å². The highest BCUT2D eigenvalue weighted by Crippen LogP contribution is 2.24. The summed E-state index contributed by atoms with van der Waals surface area (Å²) in [5, 5.41) is 5.42. The number of hydrogen-bond acceptors (Lipinski definition) is 5. The normalized spacial score (nSPS) is 16.9. The van der Waals surface area contributed by atoms with Crippen molar-refractivity contribution in [2.45, 2.75) is 37.2 Å². The van der Waals surface area contributed by atoms with Crippen molar-refractivity contribution >= 4 is 21.8 Å². The molecule has 1 fully saturated rings. The number of piperidine rings is 1. The van der Waals surface area contributed by atoms with Crippen LogP contribution in [0.5, 0.6) is 0 Å². The Labute approximate surface area is 170 Å². The molecule has 1 saturated heterocycles. The van der Waals surface area contributed by atoms with Gasteiger partial charge in [0.25, 0.3) is 0 Å². The van der Waals surface area contributed by atoms with Gasteiger partial charge in [0.2, 0.25) is 21.8 Å². The minimum Gasteiger partial charge on any atom is -0.467 e. The average molecular weight is 420 g/mol. The maximum absolute atomic E-state index is 12.7. The Balaban J connectivity index is 1.47. The summed E-state index contributed by atoms with van der Waals surface area (Å²) in [6.07, 6.45) is 2.36. The van der Waals surface area contributed by atoms with Gasteiger partial charge in [-0.15, -0.1) is 0 Å². The second-order valence-corrected chi connectivity index (χ2v) is 8.96. The maximum atomic E-state index is 12.7. The van der Waals surface area contributed by atoms with Crippen molar-refractivity contribution in [1.82, 2.24) is 14.9 Å². The molecule has 9 heteroatoms. The van der Waals surface area contributed by atoms with Crippen LogP contribution in [0.25, 0.3) is 0 Å². The van der Waals surface area contributed by atoms with Crippen LogP contribution < -0.4 is 10.6 Å². The van der Waals surface area contributed by atoms with Crippen LogP contribution in [-0.4, -0.2) is 43.7 Å². The molecule has 1 aliphatic heterocycles. The van der Waals surface area contributed by atoms with Crippen molar-refractivity contribution in [3.05, 3.63) is 54.5 Å². The molecule has 2 amide bonds. The molecule has 1 atom stereocenters. The van der Waals surface area contributed by atoms with Crippen LogP contribution in [-0.2, 0) is 26.2 Å². The van der Waals surface area contributed by atoms with E-state index in [2.05, 4.69) is 10.6 Å². The van der Waals surface area contributed by atoms with Gasteiger partial charge in [0.05, 0.1) is 17.7 Å². The molecule has 1 aromatic heterocycles.